The maximum absolute atomic E-state index is 13.4. The molecule has 1 amide bonds. The predicted molar refractivity (Wildman–Crippen MR) is 167 cm³/mol. The monoisotopic (exact) mass is 594 g/mol. The summed E-state index contributed by atoms with van der Waals surface area (Å²) in [4.78, 5) is 37.0. The van der Waals surface area contributed by atoms with Gasteiger partial charge < -0.3 is 19.8 Å². The third-order valence-electron chi connectivity index (χ3n) is 7.57. The van der Waals surface area contributed by atoms with Crippen LogP contribution in [0.4, 0.5) is 10.9 Å². The van der Waals surface area contributed by atoms with Crippen molar-refractivity contribution < 1.29 is 24.5 Å². The number of rotatable bonds is 9. The Balaban J connectivity index is 1.27. The smallest absolute Gasteiger partial charge is 0.355 e. The van der Waals surface area contributed by atoms with E-state index in [1.165, 1.54) is 11.3 Å². The van der Waals surface area contributed by atoms with Crippen LogP contribution in [0.25, 0.3) is 21.3 Å². The minimum Gasteiger partial charge on any atom is -0.493 e. The standard InChI is InChI=1S/C33H30N4O5S/c1-20-22(8-5-11-27(20)42-18-6-17-38)23-13-14-29(35-30(23)32(40)41)37-16-15-21-7-4-9-24(25(21)19-37)31(39)36-33-34-26-10-2-3-12-28(26)43-33/h2-5,7-14,38H,6,15-19H2,1H3,(H,40,41)(H,34,36,39). The third-order valence-corrected chi connectivity index (χ3v) is 8.53. The highest BCUT2D eigenvalue weighted by Gasteiger charge is 2.25. The van der Waals surface area contributed by atoms with Gasteiger partial charge in [-0.05, 0) is 72.0 Å². The van der Waals surface area contributed by atoms with E-state index in [2.05, 4.69) is 15.3 Å². The summed E-state index contributed by atoms with van der Waals surface area (Å²) < 4.78 is 6.80. The number of anilines is 2. The third kappa shape index (κ3) is 5.79. The number of nitrogens with zero attached hydrogens (tertiary/aromatic N) is 3. The SMILES string of the molecule is Cc1c(OCCCO)cccc1-c1ccc(N2CCc3cccc(C(=O)Nc4nc5ccccc5s4)c3C2)nc1C(=O)O. The molecule has 6 rings (SSSR count). The molecule has 2 aromatic heterocycles. The lowest BCUT2D eigenvalue weighted by Gasteiger charge is -2.31. The van der Waals surface area contributed by atoms with Gasteiger partial charge in [0.2, 0.25) is 0 Å². The molecule has 218 valence electrons. The summed E-state index contributed by atoms with van der Waals surface area (Å²) in [7, 11) is 0. The molecule has 1 aliphatic heterocycles. The molecule has 0 atom stereocenters. The van der Waals surface area contributed by atoms with E-state index in [0.717, 1.165) is 32.5 Å². The first-order valence-electron chi connectivity index (χ1n) is 14.0. The van der Waals surface area contributed by atoms with Gasteiger partial charge in [0.1, 0.15) is 11.6 Å². The molecule has 0 saturated carbocycles. The van der Waals surface area contributed by atoms with Gasteiger partial charge in [0.25, 0.3) is 5.91 Å². The Morgan fingerprint density at radius 2 is 1.84 bits per heavy atom. The van der Waals surface area contributed by atoms with Crippen LogP contribution in [0.5, 0.6) is 5.75 Å². The molecule has 0 fully saturated rings. The van der Waals surface area contributed by atoms with Crippen LogP contribution in [0.1, 0.15) is 44.0 Å². The van der Waals surface area contributed by atoms with Crippen LogP contribution >= 0.6 is 11.3 Å². The molecule has 1 aliphatic rings. The second-order valence-corrected chi connectivity index (χ2v) is 11.3. The maximum Gasteiger partial charge on any atom is 0.355 e. The van der Waals surface area contributed by atoms with Gasteiger partial charge in [0, 0.05) is 37.2 Å². The lowest BCUT2D eigenvalue weighted by molar-refractivity contribution is 0.0691. The van der Waals surface area contributed by atoms with Crippen LogP contribution in [0.2, 0.25) is 0 Å². The molecule has 5 aromatic rings. The number of benzene rings is 3. The average Bonchev–Trinajstić information content (AvgIpc) is 3.43. The highest BCUT2D eigenvalue weighted by Crippen LogP contribution is 2.34. The first-order chi connectivity index (χ1) is 20.9. The average molecular weight is 595 g/mol. The van der Waals surface area contributed by atoms with Crippen LogP contribution in [0.15, 0.2) is 72.8 Å². The van der Waals surface area contributed by atoms with Gasteiger partial charge >= 0.3 is 5.97 Å². The number of carbonyl (C=O) groups is 2. The molecule has 43 heavy (non-hydrogen) atoms. The molecule has 0 spiro atoms. The fraction of sp³-hybridized carbons (Fsp3) is 0.212. The van der Waals surface area contributed by atoms with Crippen molar-refractivity contribution >= 4 is 44.4 Å². The molecule has 0 saturated heterocycles. The molecule has 0 unspecified atom stereocenters. The Morgan fingerprint density at radius 1 is 1.00 bits per heavy atom. The van der Waals surface area contributed by atoms with Crippen LogP contribution in [-0.4, -0.2) is 51.8 Å². The van der Waals surface area contributed by atoms with E-state index in [0.29, 0.717) is 60.4 Å². The summed E-state index contributed by atoms with van der Waals surface area (Å²) in [6, 6.07) is 22.6. The summed E-state index contributed by atoms with van der Waals surface area (Å²) in [5.74, 6) is -0.197. The topological polar surface area (TPSA) is 125 Å². The fourth-order valence-electron chi connectivity index (χ4n) is 5.39. The minimum absolute atomic E-state index is 0.0313. The number of aromatic carboxylic acids is 1. The number of hydrogen-bond acceptors (Lipinski definition) is 8. The van der Waals surface area contributed by atoms with E-state index in [4.69, 9.17) is 9.84 Å². The Labute approximate surface area is 252 Å². The molecule has 9 nitrogen and oxygen atoms in total. The number of fused-ring (bicyclic) bond motifs is 2. The van der Waals surface area contributed by atoms with E-state index >= 15 is 0 Å². The van der Waals surface area contributed by atoms with Gasteiger partial charge in [-0.2, -0.15) is 0 Å². The maximum atomic E-state index is 13.4. The number of carboxylic acid groups (broad SMARTS) is 1. The number of aliphatic hydroxyl groups excluding tert-OH is 1. The Hall–Kier alpha value is -4.80. The fourth-order valence-corrected chi connectivity index (χ4v) is 6.25. The summed E-state index contributed by atoms with van der Waals surface area (Å²) in [5.41, 5.74) is 5.32. The number of ether oxygens (including phenoxy) is 1. The molecule has 3 heterocycles. The van der Waals surface area contributed by atoms with Gasteiger partial charge in [-0.25, -0.2) is 14.8 Å². The number of carbonyl (C=O) groups excluding carboxylic acids is 1. The van der Waals surface area contributed by atoms with Crippen LogP contribution in [-0.2, 0) is 13.0 Å². The Morgan fingerprint density at radius 3 is 2.65 bits per heavy atom. The highest BCUT2D eigenvalue weighted by molar-refractivity contribution is 7.22. The second-order valence-electron chi connectivity index (χ2n) is 10.3. The summed E-state index contributed by atoms with van der Waals surface area (Å²) in [6.07, 6.45) is 1.19. The van der Waals surface area contributed by atoms with Gasteiger partial charge in [0.05, 0.1) is 16.8 Å². The minimum atomic E-state index is -1.13. The molecule has 10 heteroatoms. The number of thiazole rings is 1. The van der Waals surface area contributed by atoms with E-state index < -0.39 is 5.97 Å². The number of para-hydroxylation sites is 1. The normalized spacial score (nSPS) is 12.7. The number of pyridine rings is 1. The van der Waals surface area contributed by atoms with E-state index in [-0.39, 0.29) is 18.2 Å². The van der Waals surface area contributed by atoms with E-state index in [9.17, 15) is 14.7 Å². The summed E-state index contributed by atoms with van der Waals surface area (Å²) in [5, 5.41) is 22.7. The zero-order valence-electron chi connectivity index (χ0n) is 23.5. The zero-order valence-corrected chi connectivity index (χ0v) is 24.4. The number of aromatic nitrogens is 2. The van der Waals surface area contributed by atoms with Crippen molar-refractivity contribution in [1.82, 2.24) is 9.97 Å². The first kappa shape index (κ1) is 28.3. The van der Waals surface area contributed by atoms with E-state index in [1.807, 2.05) is 78.6 Å². The van der Waals surface area contributed by atoms with Gasteiger partial charge in [-0.15, -0.1) is 0 Å². The van der Waals surface area contributed by atoms with Crippen molar-refractivity contribution in [3.8, 4) is 16.9 Å². The van der Waals surface area contributed by atoms with Gasteiger partial charge in [-0.1, -0.05) is 47.7 Å². The number of amides is 1. The van der Waals surface area contributed by atoms with Gasteiger partial charge in [-0.3, -0.25) is 10.1 Å². The van der Waals surface area contributed by atoms with Crippen LogP contribution < -0.4 is 15.0 Å². The summed E-state index contributed by atoms with van der Waals surface area (Å²) in [6.45, 7) is 3.32. The lowest BCUT2D eigenvalue weighted by atomic mass is 9.94. The molecular weight excluding hydrogens is 564 g/mol. The van der Waals surface area contributed by atoms with Crippen molar-refractivity contribution in [1.29, 1.82) is 0 Å². The Kier molecular flexibility index (Phi) is 8.04. The molecule has 0 bridgehead atoms. The molecule has 0 radical (unpaired) electrons. The molecule has 3 aromatic carbocycles. The van der Waals surface area contributed by atoms with Crippen LogP contribution in [0.3, 0.4) is 0 Å². The first-order valence-corrected chi connectivity index (χ1v) is 14.8. The highest BCUT2D eigenvalue weighted by atomic mass is 32.1. The van der Waals surface area contributed by atoms with Crippen molar-refractivity contribution in [3.05, 3.63) is 101 Å². The number of hydrogen-bond donors (Lipinski definition) is 3. The number of aliphatic hydroxyl groups is 1. The zero-order chi connectivity index (χ0) is 29.9. The molecule has 3 N–H and O–H groups in total. The largest absolute Gasteiger partial charge is 0.493 e. The lowest BCUT2D eigenvalue weighted by Crippen LogP contribution is -2.33. The Bertz CT molecular complexity index is 1800. The van der Waals surface area contributed by atoms with E-state index in [1.54, 1.807) is 6.07 Å². The molecular formula is C33H30N4O5S. The van der Waals surface area contributed by atoms with Gasteiger partial charge in [0.15, 0.2) is 10.8 Å². The molecule has 0 aliphatic carbocycles. The number of carboxylic acids is 1. The van der Waals surface area contributed by atoms with Crippen molar-refractivity contribution in [3.63, 3.8) is 0 Å². The quantitative estimate of drug-likeness (QED) is 0.179. The second kappa shape index (κ2) is 12.2. The van der Waals surface area contributed by atoms with Crippen molar-refractivity contribution in [2.24, 2.45) is 0 Å². The van der Waals surface area contributed by atoms with Crippen LogP contribution in [0, 0.1) is 6.92 Å². The number of nitrogens with one attached hydrogen (secondary N) is 1. The van der Waals surface area contributed by atoms with Crippen molar-refractivity contribution in [2.45, 2.75) is 26.3 Å². The van der Waals surface area contributed by atoms with Crippen molar-refractivity contribution in [2.75, 3.05) is 30.0 Å². The summed E-state index contributed by atoms with van der Waals surface area (Å²) >= 11 is 1.43. The predicted octanol–water partition coefficient (Wildman–Crippen LogP) is 5.94.